The van der Waals surface area contributed by atoms with Crippen molar-refractivity contribution < 1.29 is 27.8 Å². The van der Waals surface area contributed by atoms with Gasteiger partial charge in [-0.15, -0.1) is 0 Å². The largest absolute Gasteiger partial charge is 0.416 e. The summed E-state index contributed by atoms with van der Waals surface area (Å²) in [5, 5.41) is 15.1. The SMILES string of the molecule is COCCn1cc(-c2cccc(C3(c4nc5c(c(=O)[nH]4)CN(C(=O)[C@H](O)c4cccc(C(F)(F)F)c4)CCC5)CC3)c2)cn1. The molecule has 2 aliphatic rings. The zero-order valence-corrected chi connectivity index (χ0v) is 24.1. The van der Waals surface area contributed by atoms with Crippen molar-refractivity contribution >= 4 is 5.91 Å². The first-order valence-electron chi connectivity index (χ1n) is 14.5. The molecule has 1 fully saturated rings. The first-order chi connectivity index (χ1) is 21.1. The van der Waals surface area contributed by atoms with Gasteiger partial charge < -0.3 is 19.7 Å². The number of nitrogens with zero attached hydrogens (tertiary/aromatic N) is 4. The number of methoxy groups -OCH3 is 1. The minimum Gasteiger partial charge on any atom is -0.383 e. The van der Waals surface area contributed by atoms with Gasteiger partial charge in [0, 0.05) is 25.4 Å². The molecule has 3 heterocycles. The fraction of sp³-hybridized carbons (Fsp3) is 0.375. The highest BCUT2D eigenvalue weighted by molar-refractivity contribution is 5.82. The summed E-state index contributed by atoms with van der Waals surface area (Å²) in [4.78, 5) is 35.8. The predicted molar refractivity (Wildman–Crippen MR) is 155 cm³/mol. The molecule has 12 heteroatoms. The van der Waals surface area contributed by atoms with E-state index in [1.54, 1.807) is 7.11 Å². The van der Waals surface area contributed by atoms with E-state index in [0.717, 1.165) is 47.7 Å². The number of fused-ring (bicyclic) bond motifs is 1. The van der Waals surface area contributed by atoms with Crippen molar-refractivity contribution in [2.45, 2.75) is 56.5 Å². The number of aromatic amines is 1. The first-order valence-corrected chi connectivity index (χ1v) is 14.5. The van der Waals surface area contributed by atoms with Gasteiger partial charge in [0.1, 0.15) is 5.82 Å². The van der Waals surface area contributed by atoms with Gasteiger partial charge in [-0.3, -0.25) is 14.3 Å². The molecule has 1 atom stereocenters. The fourth-order valence-electron chi connectivity index (χ4n) is 5.84. The number of nitrogens with one attached hydrogen (secondary N) is 1. The molecule has 2 N–H and O–H groups in total. The first kappa shape index (κ1) is 29.8. The van der Waals surface area contributed by atoms with Gasteiger partial charge in [0.2, 0.25) is 0 Å². The molecule has 0 radical (unpaired) electrons. The van der Waals surface area contributed by atoms with E-state index in [-0.39, 0.29) is 24.2 Å². The van der Waals surface area contributed by atoms with Crippen LogP contribution < -0.4 is 5.56 Å². The van der Waals surface area contributed by atoms with E-state index in [1.807, 2.05) is 35.3 Å². The van der Waals surface area contributed by atoms with Crippen LogP contribution in [0, 0.1) is 0 Å². The number of H-pyrrole nitrogens is 1. The molecule has 9 nitrogen and oxygen atoms in total. The lowest BCUT2D eigenvalue weighted by Gasteiger charge is -2.24. The molecule has 0 bridgehead atoms. The Morgan fingerprint density at radius 1 is 1.16 bits per heavy atom. The molecule has 4 aromatic rings. The van der Waals surface area contributed by atoms with Gasteiger partial charge in [0.05, 0.1) is 48.1 Å². The van der Waals surface area contributed by atoms with Gasteiger partial charge >= 0.3 is 6.18 Å². The van der Waals surface area contributed by atoms with Gasteiger partial charge in [0.25, 0.3) is 11.5 Å². The van der Waals surface area contributed by atoms with Gasteiger partial charge in [-0.25, -0.2) is 4.98 Å². The number of amides is 1. The number of ether oxygens (including phenoxy) is 1. The molecule has 1 aliphatic heterocycles. The zero-order chi connectivity index (χ0) is 31.1. The summed E-state index contributed by atoms with van der Waals surface area (Å²) in [5.41, 5.74) is 2.03. The number of hydrogen-bond acceptors (Lipinski definition) is 6. The van der Waals surface area contributed by atoms with E-state index in [2.05, 4.69) is 16.1 Å². The Bertz CT molecular complexity index is 1740. The maximum Gasteiger partial charge on any atom is 0.416 e. The molecule has 1 amide bonds. The summed E-state index contributed by atoms with van der Waals surface area (Å²) in [6.07, 6.45) is -0.0426. The van der Waals surface area contributed by atoms with Crippen LogP contribution in [0.4, 0.5) is 13.2 Å². The molecule has 44 heavy (non-hydrogen) atoms. The summed E-state index contributed by atoms with van der Waals surface area (Å²) in [6, 6.07) is 12.2. The number of aliphatic hydroxyl groups is 1. The Labute approximate surface area is 251 Å². The number of carbonyl (C=O) groups excluding carboxylic acids is 1. The number of carbonyl (C=O) groups is 1. The third kappa shape index (κ3) is 5.79. The second-order valence-corrected chi connectivity index (χ2v) is 11.4. The normalized spacial score (nSPS) is 16.7. The van der Waals surface area contributed by atoms with Crippen molar-refractivity contribution in [3.05, 3.63) is 105 Å². The smallest absolute Gasteiger partial charge is 0.383 e. The number of benzene rings is 2. The summed E-state index contributed by atoms with van der Waals surface area (Å²) in [5.74, 6) is -0.181. The lowest BCUT2D eigenvalue weighted by Crippen LogP contribution is -2.36. The Balaban J connectivity index is 1.24. The fourth-order valence-corrected chi connectivity index (χ4v) is 5.84. The molecule has 2 aromatic heterocycles. The molecule has 6 rings (SSSR count). The van der Waals surface area contributed by atoms with Crippen molar-refractivity contribution in [3.63, 3.8) is 0 Å². The summed E-state index contributed by atoms with van der Waals surface area (Å²) in [6.45, 7) is 1.34. The highest BCUT2D eigenvalue weighted by Gasteiger charge is 2.49. The quantitative estimate of drug-likeness (QED) is 0.307. The minimum atomic E-state index is -4.61. The van der Waals surface area contributed by atoms with Gasteiger partial charge in [-0.1, -0.05) is 36.4 Å². The number of aryl methyl sites for hydroxylation is 1. The Hall–Kier alpha value is -4.29. The van der Waals surface area contributed by atoms with E-state index in [9.17, 15) is 27.9 Å². The summed E-state index contributed by atoms with van der Waals surface area (Å²) >= 11 is 0. The average Bonchev–Trinajstić information content (AvgIpc) is 3.75. The van der Waals surface area contributed by atoms with E-state index >= 15 is 0 Å². The Morgan fingerprint density at radius 2 is 1.95 bits per heavy atom. The van der Waals surface area contributed by atoms with Gasteiger partial charge in [-0.05, 0) is 54.5 Å². The number of alkyl halides is 3. The molecule has 0 saturated heterocycles. The maximum atomic E-state index is 13.4. The molecule has 2 aromatic carbocycles. The van der Waals surface area contributed by atoms with Gasteiger partial charge in [-0.2, -0.15) is 18.3 Å². The van der Waals surface area contributed by atoms with Crippen molar-refractivity contribution in [1.82, 2.24) is 24.6 Å². The molecule has 0 unspecified atom stereocenters. The standard InChI is InChI=1S/C32H32F3N5O4/c1-44-14-13-40-18-22(17-36-40)20-5-2-7-23(15-20)31(10-11-31)30-37-26-9-4-12-39(19-25(26)28(42)38-30)29(43)27(41)21-6-3-8-24(16-21)32(33,34)35/h2-3,5-8,15-18,27,41H,4,9-14,19H2,1H3,(H,37,38,42)/t27-/m1/s1. The maximum absolute atomic E-state index is 13.4. The lowest BCUT2D eigenvalue weighted by atomic mass is 9.92. The Morgan fingerprint density at radius 3 is 2.70 bits per heavy atom. The van der Waals surface area contributed by atoms with Crippen LogP contribution >= 0.6 is 0 Å². The Kier molecular flexibility index (Phi) is 7.89. The van der Waals surface area contributed by atoms with E-state index in [4.69, 9.17) is 9.72 Å². The number of hydrogen-bond donors (Lipinski definition) is 2. The zero-order valence-electron chi connectivity index (χ0n) is 24.1. The van der Waals surface area contributed by atoms with Crippen LogP contribution in [0.3, 0.4) is 0 Å². The van der Waals surface area contributed by atoms with Crippen LogP contribution in [0.5, 0.6) is 0 Å². The van der Waals surface area contributed by atoms with Crippen molar-refractivity contribution in [3.8, 4) is 11.1 Å². The highest BCUT2D eigenvalue weighted by atomic mass is 19.4. The third-order valence-electron chi connectivity index (χ3n) is 8.48. The van der Waals surface area contributed by atoms with E-state index < -0.39 is 29.2 Å². The molecule has 0 spiro atoms. The topological polar surface area (TPSA) is 113 Å². The second-order valence-electron chi connectivity index (χ2n) is 11.4. The number of aromatic nitrogens is 4. The highest BCUT2D eigenvalue weighted by Crippen LogP contribution is 2.52. The third-order valence-corrected chi connectivity index (χ3v) is 8.48. The van der Waals surface area contributed by atoms with E-state index in [0.29, 0.717) is 43.1 Å². The monoisotopic (exact) mass is 607 g/mol. The van der Waals surface area contributed by atoms with Crippen LogP contribution in [0.1, 0.15) is 59.1 Å². The van der Waals surface area contributed by atoms with Crippen LogP contribution in [0.15, 0.2) is 65.7 Å². The summed E-state index contributed by atoms with van der Waals surface area (Å²) < 4.78 is 46.5. The number of rotatable bonds is 8. The van der Waals surface area contributed by atoms with Crippen LogP contribution in [-0.2, 0) is 40.6 Å². The minimum absolute atomic E-state index is 0.0949. The van der Waals surface area contributed by atoms with E-state index in [1.165, 1.54) is 11.0 Å². The second kappa shape index (κ2) is 11.7. The summed E-state index contributed by atoms with van der Waals surface area (Å²) in [7, 11) is 1.65. The van der Waals surface area contributed by atoms with Gasteiger partial charge in [0.15, 0.2) is 6.10 Å². The van der Waals surface area contributed by atoms with Crippen molar-refractivity contribution in [2.75, 3.05) is 20.3 Å². The number of halogens is 3. The molecule has 1 saturated carbocycles. The molecule has 230 valence electrons. The van der Waals surface area contributed by atoms with Crippen LogP contribution in [0.25, 0.3) is 11.1 Å². The number of aliphatic hydroxyl groups excluding tert-OH is 1. The molecular weight excluding hydrogens is 575 g/mol. The van der Waals surface area contributed by atoms with Crippen molar-refractivity contribution in [1.29, 1.82) is 0 Å². The molecule has 1 aliphatic carbocycles. The van der Waals surface area contributed by atoms with Crippen LogP contribution in [0.2, 0.25) is 0 Å². The van der Waals surface area contributed by atoms with Crippen molar-refractivity contribution in [2.24, 2.45) is 0 Å². The predicted octanol–water partition coefficient (Wildman–Crippen LogP) is 4.39. The lowest BCUT2D eigenvalue weighted by molar-refractivity contribution is -0.142. The van der Waals surface area contributed by atoms with Crippen LogP contribution in [-0.4, -0.2) is 55.9 Å². The molecular formula is C32H32F3N5O4. The average molecular weight is 608 g/mol.